The number of carbonyl (C=O) groups excluding carboxylic acids is 4. The van der Waals surface area contributed by atoms with Crippen LogP contribution in [0, 0.1) is 0 Å². The van der Waals surface area contributed by atoms with E-state index in [0.29, 0.717) is 38.9 Å². The highest BCUT2D eigenvalue weighted by molar-refractivity contribution is 6.10. The first kappa shape index (κ1) is 31.4. The average molecular weight is 602 g/mol. The van der Waals surface area contributed by atoms with Crippen LogP contribution >= 0.6 is 0 Å². The molecule has 2 aromatic rings. The van der Waals surface area contributed by atoms with Gasteiger partial charge in [-0.2, -0.15) is 13.2 Å². The minimum atomic E-state index is -4.53. The smallest absolute Gasteiger partial charge is 0.343 e. The van der Waals surface area contributed by atoms with Crippen molar-refractivity contribution in [2.75, 3.05) is 45.6 Å². The van der Waals surface area contributed by atoms with Crippen molar-refractivity contribution in [1.82, 2.24) is 25.0 Å². The minimum absolute atomic E-state index is 0.0669. The Morgan fingerprint density at radius 3 is 2.28 bits per heavy atom. The molecule has 2 saturated heterocycles. The SMILES string of the molecule is CN(C)C(=O)c1ccc(C(=O)NC(=NC2CCCCN(CC(=O)N3CCCC3)C2=O)Nc2ccc(C(F)(F)F)cc2)cn1. The monoisotopic (exact) mass is 601 g/mol. The first-order valence-electron chi connectivity index (χ1n) is 14.0. The molecule has 2 N–H and O–H groups in total. The molecule has 2 fully saturated rings. The van der Waals surface area contributed by atoms with Gasteiger partial charge in [-0.05, 0) is 68.5 Å². The van der Waals surface area contributed by atoms with E-state index in [0.717, 1.165) is 25.0 Å². The van der Waals surface area contributed by atoms with Crippen LogP contribution < -0.4 is 10.6 Å². The normalized spacial score (nSPS) is 17.8. The summed E-state index contributed by atoms with van der Waals surface area (Å²) in [6.45, 7) is 1.65. The molecule has 1 aromatic carbocycles. The van der Waals surface area contributed by atoms with Crippen LogP contribution in [0.15, 0.2) is 47.6 Å². The summed E-state index contributed by atoms with van der Waals surface area (Å²) in [5.41, 5.74) is -0.441. The molecule has 4 rings (SSSR count). The van der Waals surface area contributed by atoms with Crippen LogP contribution in [0.3, 0.4) is 0 Å². The van der Waals surface area contributed by atoms with Crippen molar-refractivity contribution in [3.05, 3.63) is 59.4 Å². The van der Waals surface area contributed by atoms with Gasteiger partial charge in [-0.25, -0.2) is 4.99 Å². The number of nitrogens with one attached hydrogen (secondary N) is 2. The Bertz CT molecular complexity index is 1360. The lowest BCUT2D eigenvalue weighted by Crippen LogP contribution is -2.45. The number of aromatic nitrogens is 1. The van der Waals surface area contributed by atoms with Gasteiger partial charge in [0, 0.05) is 45.6 Å². The van der Waals surface area contributed by atoms with E-state index in [1.807, 2.05) is 0 Å². The molecule has 0 aliphatic carbocycles. The van der Waals surface area contributed by atoms with Gasteiger partial charge in [0.25, 0.3) is 11.8 Å². The topological polar surface area (TPSA) is 127 Å². The van der Waals surface area contributed by atoms with Crippen LogP contribution in [0.2, 0.25) is 0 Å². The highest BCUT2D eigenvalue weighted by Crippen LogP contribution is 2.30. The number of nitrogens with zero attached hydrogens (tertiary/aromatic N) is 5. The number of anilines is 1. The number of carbonyl (C=O) groups is 4. The number of rotatable bonds is 6. The number of aliphatic imine (C=N–C) groups is 1. The standard InChI is InChI=1S/C29H34F3N7O4/c1-37(2)26(42)22-13-8-19(17-33-22)25(41)36-28(34-21-11-9-20(10-12-21)29(30,31)32)35-23-7-3-4-16-39(27(23)43)18-24(40)38-14-5-6-15-38/h8-13,17,23H,3-7,14-16,18H2,1-2H3,(H2,34,35,36,41). The van der Waals surface area contributed by atoms with Crippen LogP contribution in [0.4, 0.5) is 18.9 Å². The molecule has 4 amide bonds. The van der Waals surface area contributed by atoms with Crippen LogP contribution in [0.5, 0.6) is 0 Å². The van der Waals surface area contributed by atoms with Gasteiger partial charge in [0.1, 0.15) is 11.7 Å². The Hall–Kier alpha value is -4.49. The van der Waals surface area contributed by atoms with Crippen molar-refractivity contribution in [1.29, 1.82) is 0 Å². The van der Waals surface area contributed by atoms with Gasteiger partial charge in [-0.15, -0.1) is 0 Å². The molecular weight excluding hydrogens is 567 g/mol. The number of guanidine groups is 1. The predicted octanol–water partition coefficient (Wildman–Crippen LogP) is 3.00. The molecule has 11 nitrogen and oxygen atoms in total. The summed E-state index contributed by atoms with van der Waals surface area (Å²) >= 11 is 0. The summed E-state index contributed by atoms with van der Waals surface area (Å²) in [5, 5.41) is 5.40. The number of alkyl halides is 3. The van der Waals surface area contributed by atoms with Crippen LogP contribution in [0.25, 0.3) is 0 Å². The van der Waals surface area contributed by atoms with Crippen LogP contribution in [-0.4, -0.2) is 95.6 Å². The molecular formula is C29H34F3N7O4. The van der Waals surface area contributed by atoms with Crippen molar-refractivity contribution in [2.24, 2.45) is 4.99 Å². The zero-order chi connectivity index (χ0) is 31.1. The van der Waals surface area contributed by atoms with Gasteiger partial charge in [0.15, 0.2) is 0 Å². The zero-order valence-corrected chi connectivity index (χ0v) is 24.0. The third kappa shape index (κ3) is 8.30. The Kier molecular flexibility index (Phi) is 9.99. The lowest BCUT2D eigenvalue weighted by Gasteiger charge is -2.25. The third-order valence-electron chi connectivity index (χ3n) is 7.18. The number of pyridine rings is 1. The number of likely N-dealkylation sites (tertiary alicyclic amines) is 2. The summed E-state index contributed by atoms with van der Waals surface area (Å²) in [4.78, 5) is 64.6. The molecule has 0 saturated carbocycles. The van der Waals surface area contributed by atoms with E-state index < -0.39 is 23.7 Å². The van der Waals surface area contributed by atoms with Crippen LogP contribution in [-0.2, 0) is 15.8 Å². The maximum absolute atomic E-state index is 13.5. The quantitative estimate of drug-likeness (QED) is 0.387. The Balaban J connectivity index is 1.57. The second-order valence-electron chi connectivity index (χ2n) is 10.6. The largest absolute Gasteiger partial charge is 0.416 e. The Morgan fingerprint density at radius 1 is 1.00 bits per heavy atom. The maximum atomic E-state index is 13.5. The predicted molar refractivity (Wildman–Crippen MR) is 152 cm³/mol. The summed E-state index contributed by atoms with van der Waals surface area (Å²) in [5.74, 6) is -1.69. The molecule has 2 aliphatic rings. The van der Waals surface area contributed by atoms with E-state index in [1.165, 1.54) is 40.3 Å². The van der Waals surface area contributed by atoms with Gasteiger partial charge in [-0.1, -0.05) is 0 Å². The molecule has 14 heteroatoms. The van der Waals surface area contributed by atoms with Crippen molar-refractivity contribution in [3.63, 3.8) is 0 Å². The highest BCUT2D eigenvalue weighted by Gasteiger charge is 2.32. The van der Waals surface area contributed by atoms with E-state index in [4.69, 9.17) is 0 Å². The first-order chi connectivity index (χ1) is 20.4. The summed E-state index contributed by atoms with van der Waals surface area (Å²) in [7, 11) is 3.14. The fourth-order valence-corrected chi connectivity index (χ4v) is 4.79. The number of amides is 4. The summed E-state index contributed by atoms with van der Waals surface area (Å²) in [6.07, 6.45) is 0.197. The Labute approximate surface area is 247 Å². The lowest BCUT2D eigenvalue weighted by atomic mass is 10.1. The van der Waals surface area contributed by atoms with Crippen molar-refractivity contribution in [2.45, 2.75) is 44.3 Å². The van der Waals surface area contributed by atoms with Gasteiger partial charge in [-0.3, -0.25) is 29.5 Å². The Morgan fingerprint density at radius 2 is 1.67 bits per heavy atom. The van der Waals surface area contributed by atoms with E-state index in [1.54, 1.807) is 19.0 Å². The fourth-order valence-electron chi connectivity index (χ4n) is 4.79. The van der Waals surface area contributed by atoms with E-state index in [-0.39, 0.29) is 47.2 Å². The van der Waals surface area contributed by atoms with Gasteiger partial charge >= 0.3 is 6.18 Å². The van der Waals surface area contributed by atoms with Gasteiger partial charge in [0.2, 0.25) is 17.8 Å². The van der Waals surface area contributed by atoms with Gasteiger partial charge < -0.3 is 20.0 Å². The van der Waals surface area contributed by atoms with E-state index in [9.17, 15) is 32.3 Å². The molecule has 230 valence electrons. The van der Waals surface area contributed by atoms with Crippen molar-refractivity contribution >= 4 is 35.3 Å². The maximum Gasteiger partial charge on any atom is 0.416 e. The second-order valence-corrected chi connectivity index (χ2v) is 10.6. The number of benzene rings is 1. The summed E-state index contributed by atoms with van der Waals surface area (Å²) in [6, 6.07) is 5.99. The summed E-state index contributed by atoms with van der Waals surface area (Å²) < 4.78 is 39.2. The number of hydrogen-bond donors (Lipinski definition) is 2. The first-order valence-corrected chi connectivity index (χ1v) is 14.0. The molecule has 1 atom stereocenters. The average Bonchev–Trinajstić information content (AvgIpc) is 3.47. The molecule has 1 aromatic heterocycles. The van der Waals surface area contributed by atoms with Crippen molar-refractivity contribution in [3.8, 4) is 0 Å². The fraction of sp³-hybridized carbons (Fsp3) is 0.448. The van der Waals surface area contributed by atoms with E-state index >= 15 is 0 Å². The third-order valence-corrected chi connectivity index (χ3v) is 7.18. The van der Waals surface area contributed by atoms with Crippen molar-refractivity contribution < 1.29 is 32.3 Å². The molecule has 0 bridgehead atoms. The number of hydrogen-bond acceptors (Lipinski definition) is 6. The number of halogens is 3. The molecule has 0 spiro atoms. The molecule has 3 heterocycles. The zero-order valence-electron chi connectivity index (χ0n) is 24.0. The lowest BCUT2D eigenvalue weighted by molar-refractivity contribution is -0.140. The molecule has 2 aliphatic heterocycles. The minimum Gasteiger partial charge on any atom is -0.343 e. The van der Waals surface area contributed by atoms with Gasteiger partial charge in [0.05, 0.1) is 17.7 Å². The second kappa shape index (κ2) is 13.7. The molecule has 0 radical (unpaired) electrons. The molecule has 1 unspecified atom stereocenters. The highest BCUT2D eigenvalue weighted by atomic mass is 19.4. The van der Waals surface area contributed by atoms with E-state index in [2.05, 4.69) is 20.6 Å². The van der Waals surface area contributed by atoms with Crippen LogP contribution in [0.1, 0.15) is 58.5 Å². The molecule has 43 heavy (non-hydrogen) atoms.